The van der Waals surface area contributed by atoms with E-state index in [1.807, 2.05) is 0 Å². The number of rotatable bonds is 7. The molecular formula is C17H26N2O. The number of nitrogens with zero attached hydrogens (tertiary/aromatic N) is 1. The third kappa shape index (κ3) is 4.34. The van der Waals surface area contributed by atoms with Gasteiger partial charge in [0.15, 0.2) is 0 Å². The van der Waals surface area contributed by atoms with E-state index in [2.05, 4.69) is 49.2 Å². The zero-order valence-electron chi connectivity index (χ0n) is 12.9. The van der Waals surface area contributed by atoms with Gasteiger partial charge < -0.3 is 5.32 Å². The molecule has 0 aromatic heterocycles. The number of amides is 1. The van der Waals surface area contributed by atoms with Crippen molar-refractivity contribution in [3.8, 4) is 0 Å². The number of hydrogen-bond acceptors (Lipinski definition) is 2. The van der Waals surface area contributed by atoms with E-state index < -0.39 is 0 Å². The largest absolute Gasteiger partial charge is 0.355 e. The fourth-order valence-corrected chi connectivity index (χ4v) is 2.39. The van der Waals surface area contributed by atoms with Gasteiger partial charge in [-0.25, -0.2) is 0 Å². The van der Waals surface area contributed by atoms with Gasteiger partial charge in [-0.1, -0.05) is 25.1 Å². The first-order valence-electron chi connectivity index (χ1n) is 7.67. The first-order valence-corrected chi connectivity index (χ1v) is 7.67. The maximum atomic E-state index is 11.9. The van der Waals surface area contributed by atoms with E-state index in [4.69, 9.17) is 0 Å². The summed E-state index contributed by atoms with van der Waals surface area (Å²) in [6.45, 7) is 8.54. The molecule has 1 N–H and O–H groups in total. The van der Waals surface area contributed by atoms with E-state index in [-0.39, 0.29) is 5.91 Å². The van der Waals surface area contributed by atoms with E-state index in [0.717, 1.165) is 19.5 Å². The number of carbonyl (C=O) groups excluding carboxylic acids is 1. The molecule has 1 aromatic carbocycles. The predicted octanol–water partition coefficient (Wildman–Crippen LogP) is 2.79. The van der Waals surface area contributed by atoms with Crippen molar-refractivity contribution >= 4 is 5.91 Å². The lowest BCUT2D eigenvalue weighted by atomic mass is 10.1. The van der Waals surface area contributed by atoms with Crippen LogP contribution in [-0.4, -0.2) is 29.9 Å². The Hall–Kier alpha value is -1.35. The summed E-state index contributed by atoms with van der Waals surface area (Å²) in [5.41, 5.74) is 3.96. The molecule has 1 amide bonds. The van der Waals surface area contributed by atoms with Crippen LogP contribution in [0.2, 0.25) is 0 Å². The Balaban J connectivity index is 1.95. The monoisotopic (exact) mass is 274 g/mol. The number of benzene rings is 1. The van der Waals surface area contributed by atoms with Crippen molar-refractivity contribution in [2.75, 3.05) is 13.1 Å². The molecule has 1 aromatic rings. The van der Waals surface area contributed by atoms with Crippen LogP contribution in [0.5, 0.6) is 0 Å². The second-order valence-electron chi connectivity index (χ2n) is 5.90. The van der Waals surface area contributed by atoms with Crippen LogP contribution in [0.15, 0.2) is 18.2 Å². The van der Waals surface area contributed by atoms with Crippen LogP contribution in [0.25, 0.3) is 0 Å². The van der Waals surface area contributed by atoms with Gasteiger partial charge in [-0.3, -0.25) is 9.69 Å². The van der Waals surface area contributed by atoms with Crippen molar-refractivity contribution in [1.82, 2.24) is 10.2 Å². The normalized spacial score (nSPS) is 14.6. The molecule has 1 saturated carbocycles. The molecule has 1 aliphatic rings. The fraction of sp³-hybridized carbons (Fsp3) is 0.588. The molecule has 0 radical (unpaired) electrons. The standard InChI is InChI=1S/C17H26N2O/c1-4-9-18-17(20)12-19(16-7-8-16)11-15-6-5-13(2)14(3)10-15/h5-6,10,16H,4,7-9,11-12H2,1-3H3,(H,18,20). The third-order valence-corrected chi connectivity index (χ3v) is 3.94. The third-order valence-electron chi connectivity index (χ3n) is 3.94. The molecule has 0 spiro atoms. The van der Waals surface area contributed by atoms with E-state index in [1.165, 1.54) is 29.5 Å². The molecule has 20 heavy (non-hydrogen) atoms. The Morgan fingerprint density at radius 3 is 2.65 bits per heavy atom. The molecule has 110 valence electrons. The lowest BCUT2D eigenvalue weighted by Gasteiger charge is -2.22. The highest BCUT2D eigenvalue weighted by Crippen LogP contribution is 2.28. The summed E-state index contributed by atoms with van der Waals surface area (Å²) < 4.78 is 0. The van der Waals surface area contributed by atoms with Crippen LogP contribution in [0, 0.1) is 13.8 Å². The van der Waals surface area contributed by atoms with Crippen LogP contribution in [0.4, 0.5) is 0 Å². The van der Waals surface area contributed by atoms with Gasteiger partial charge in [0, 0.05) is 19.1 Å². The van der Waals surface area contributed by atoms with E-state index in [0.29, 0.717) is 12.6 Å². The minimum Gasteiger partial charge on any atom is -0.355 e. The molecule has 0 saturated heterocycles. The number of hydrogen-bond donors (Lipinski definition) is 1. The first kappa shape index (κ1) is 15.0. The molecule has 0 bridgehead atoms. The Kier molecular flexibility index (Phi) is 5.18. The van der Waals surface area contributed by atoms with Crippen LogP contribution < -0.4 is 5.32 Å². The molecular weight excluding hydrogens is 248 g/mol. The number of nitrogens with one attached hydrogen (secondary N) is 1. The summed E-state index contributed by atoms with van der Waals surface area (Å²) in [5.74, 6) is 0.155. The molecule has 0 heterocycles. The highest BCUT2D eigenvalue weighted by molar-refractivity contribution is 5.78. The second-order valence-corrected chi connectivity index (χ2v) is 5.90. The highest BCUT2D eigenvalue weighted by atomic mass is 16.2. The maximum Gasteiger partial charge on any atom is 0.234 e. The van der Waals surface area contributed by atoms with Gasteiger partial charge in [0.25, 0.3) is 0 Å². The topological polar surface area (TPSA) is 32.3 Å². The molecule has 0 unspecified atom stereocenters. The quantitative estimate of drug-likeness (QED) is 0.829. The second kappa shape index (κ2) is 6.89. The zero-order valence-corrected chi connectivity index (χ0v) is 12.9. The number of aryl methyl sites for hydroxylation is 2. The highest BCUT2D eigenvalue weighted by Gasteiger charge is 2.30. The smallest absolute Gasteiger partial charge is 0.234 e. The van der Waals surface area contributed by atoms with Crippen molar-refractivity contribution in [2.24, 2.45) is 0 Å². The van der Waals surface area contributed by atoms with Gasteiger partial charge in [-0.05, 0) is 49.8 Å². The average Bonchev–Trinajstić information content (AvgIpc) is 3.24. The van der Waals surface area contributed by atoms with Gasteiger partial charge in [0.2, 0.25) is 5.91 Å². The zero-order chi connectivity index (χ0) is 14.5. The lowest BCUT2D eigenvalue weighted by Crippen LogP contribution is -2.38. The van der Waals surface area contributed by atoms with E-state index in [1.54, 1.807) is 0 Å². The van der Waals surface area contributed by atoms with Crippen molar-refractivity contribution in [1.29, 1.82) is 0 Å². The van der Waals surface area contributed by atoms with E-state index in [9.17, 15) is 4.79 Å². The SMILES string of the molecule is CCCNC(=O)CN(Cc1ccc(C)c(C)c1)C1CC1. The molecule has 0 aliphatic heterocycles. The van der Waals surface area contributed by atoms with Gasteiger partial charge in [0.1, 0.15) is 0 Å². The Labute approximate surface area is 122 Å². The predicted molar refractivity (Wildman–Crippen MR) is 82.6 cm³/mol. The van der Waals surface area contributed by atoms with Crippen molar-refractivity contribution < 1.29 is 4.79 Å². The van der Waals surface area contributed by atoms with Gasteiger partial charge >= 0.3 is 0 Å². The van der Waals surface area contributed by atoms with Crippen molar-refractivity contribution in [3.63, 3.8) is 0 Å². The minimum atomic E-state index is 0.155. The van der Waals surface area contributed by atoms with Gasteiger partial charge in [-0.15, -0.1) is 0 Å². The van der Waals surface area contributed by atoms with E-state index >= 15 is 0 Å². The summed E-state index contributed by atoms with van der Waals surface area (Å²) in [4.78, 5) is 14.2. The first-order chi connectivity index (χ1) is 9.60. The summed E-state index contributed by atoms with van der Waals surface area (Å²) in [6.07, 6.45) is 3.45. The van der Waals surface area contributed by atoms with Crippen molar-refractivity contribution in [3.05, 3.63) is 34.9 Å². The minimum absolute atomic E-state index is 0.155. The molecule has 1 aliphatic carbocycles. The van der Waals surface area contributed by atoms with Crippen LogP contribution in [0.1, 0.15) is 42.9 Å². The molecule has 3 heteroatoms. The van der Waals surface area contributed by atoms with Gasteiger partial charge in [-0.2, -0.15) is 0 Å². The Bertz CT molecular complexity index is 466. The molecule has 3 nitrogen and oxygen atoms in total. The van der Waals surface area contributed by atoms with Crippen molar-refractivity contribution in [2.45, 2.75) is 52.6 Å². The van der Waals surface area contributed by atoms with Crippen LogP contribution >= 0.6 is 0 Å². The van der Waals surface area contributed by atoms with Crippen LogP contribution in [0.3, 0.4) is 0 Å². The summed E-state index contributed by atoms with van der Waals surface area (Å²) >= 11 is 0. The molecule has 2 rings (SSSR count). The summed E-state index contributed by atoms with van der Waals surface area (Å²) in [5, 5.41) is 2.97. The molecule has 0 atom stereocenters. The van der Waals surface area contributed by atoms with Crippen LogP contribution in [-0.2, 0) is 11.3 Å². The Morgan fingerprint density at radius 2 is 2.05 bits per heavy atom. The molecule has 1 fully saturated rings. The lowest BCUT2D eigenvalue weighted by molar-refractivity contribution is -0.122. The van der Waals surface area contributed by atoms with Gasteiger partial charge in [0.05, 0.1) is 6.54 Å². The summed E-state index contributed by atoms with van der Waals surface area (Å²) in [7, 11) is 0. The fourth-order valence-electron chi connectivity index (χ4n) is 2.39. The Morgan fingerprint density at radius 1 is 1.30 bits per heavy atom. The average molecular weight is 274 g/mol. The number of carbonyl (C=O) groups is 1. The maximum absolute atomic E-state index is 11.9. The summed E-state index contributed by atoms with van der Waals surface area (Å²) in [6, 6.07) is 7.20.